The molecule has 0 aromatic heterocycles. The van der Waals surface area contributed by atoms with Crippen molar-refractivity contribution in [2.24, 2.45) is 0 Å². The van der Waals surface area contributed by atoms with E-state index in [9.17, 15) is 4.79 Å². The molecule has 0 unspecified atom stereocenters. The van der Waals surface area contributed by atoms with Gasteiger partial charge in [-0.05, 0) is 19.1 Å². The molecule has 2 rings (SSSR count). The highest BCUT2D eigenvalue weighted by Gasteiger charge is 2.21. The molecule has 110 valence electrons. The predicted octanol–water partition coefficient (Wildman–Crippen LogP) is 1.38. The molecule has 0 radical (unpaired) electrons. The first-order chi connectivity index (χ1) is 9.74. The zero-order valence-electron chi connectivity index (χ0n) is 12.2. The Morgan fingerprint density at radius 2 is 2.00 bits per heavy atom. The van der Waals surface area contributed by atoms with Crippen LogP contribution in [0.1, 0.15) is 6.92 Å². The molecule has 1 aliphatic rings. The van der Waals surface area contributed by atoms with E-state index >= 15 is 0 Å². The quantitative estimate of drug-likeness (QED) is 0.816. The van der Waals surface area contributed by atoms with Crippen molar-refractivity contribution in [2.45, 2.75) is 6.92 Å². The molecular formula is C15H22N2O3. The van der Waals surface area contributed by atoms with Gasteiger partial charge >= 0.3 is 0 Å². The zero-order valence-corrected chi connectivity index (χ0v) is 12.2. The fourth-order valence-corrected chi connectivity index (χ4v) is 2.30. The highest BCUT2D eigenvalue weighted by molar-refractivity contribution is 5.77. The van der Waals surface area contributed by atoms with Gasteiger partial charge in [-0.25, -0.2) is 0 Å². The van der Waals surface area contributed by atoms with Crippen molar-refractivity contribution in [3.05, 3.63) is 24.3 Å². The average molecular weight is 278 g/mol. The van der Waals surface area contributed by atoms with E-state index in [1.165, 1.54) is 0 Å². The molecule has 1 heterocycles. The van der Waals surface area contributed by atoms with Crippen LogP contribution in [0.2, 0.25) is 0 Å². The second-order valence-corrected chi connectivity index (χ2v) is 4.71. The summed E-state index contributed by atoms with van der Waals surface area (Å²) in [7, 11) is 1.67. The highest BCUT2D eigenvalue weighted by Crippen LogP contribution is 2.22. The molecule has 0 atom stereocenters. The summed E-state index contributed by atoms with van der Waals surface area (Å²) in [6, 6.07) is 8.02. The first-order valence-electron chi connectivity index (χ1n) is 6.99. The van der Waals surface area contributed by atoms with Gasteiger partial charge in [0, 0.05) is 44.5 Å². The molecule has 5 heteroatoms. The van der Waals surface area contributed by atoms with E-state index in [0.717, 1.165) is 37.6 Å². The number of amides is 1. The van der Waals surface area contributed by atoms with Crippen LogP contribution in [-0.4, -0.2) is 57.3 Å². The second-order valence-electron chi connectivity index (χ2n) is 4.71. The van der Waals surface area contributed by atoms with Gasteiger partial charge < -0.3 is 19.3 Å². The third-order valence-corrected chi connectivity index (χ3v) is 3.48. The monoisotopic (exact) mass is 278 g/mol. The summed E-state index contributed by atoms with van der Waals surface area (Å²) in [5, 5.41) is 0. The molecule has 0 saturated carbocycles. The fraction of sp³-hybridized carbons (Fsp3) is 0.533. The number of hydrogen-bond acceptors (Lipinski definition) is 4. The van der Waals surface area contributed by atoms with E-state index in [0.29, 0.717) is 6.61 Å². The van der Waals surface area contributed by atoms with Crippen molar-refractivity contribution in [1.82, 2.24) is 4.90 Å². The number of anilines is 1. The van der Waals surface area contributed by atoms with Gasteiger partial charge in [-0.3, -0.25) is 4.79 Å². The van der Waals surface area contributed by atoms with Crippen LogP contribution in [0.25, 0.3) is 0 Å². The Bertz CT molecular complexity index is 442. The van der Waals surface area contributed by atoms with Crippen LogP contribution >= 0.6 is 0 Å². The van der Waals surface area contributed by atoms with E-state index in [1.54, 1.807) is 7.11 Å². The Labute approximate surface area is 120 Å². The Morgan fingerprint density at radius 1 is 1.25 bits per heavy atom. The number of ether oxygens (including phenoxy) is 2. The maximum absolute atomic E-state index is 11.9. The summed E-state index contributed by atoms with van der Waals surface area (Å²) >= 11 is 0. The van der Waals surface area contributed by atoms with E-state index in [-0.39, 0.29) is 12.5 Å². The van der Waals surface area contributed by atoms with Gasteiger partial charge in [-0.15, -0.1) is 0 Å². The summed E-state index contributed by atoms with van der Waals surface area (Å²) in [6.45, 7) is 5.82. The Morgan fingerprint density at radius 3 is 2.65 bits per heavy atom. The first kappa shape index (κ1) is 14.7. The third kappa shape index (κ3) is 3.63. The van der Waals surface area contributed by atoms with Crippen LogP contribution in [0.3, 0.4) is 0 Å². The van der Waals surface area contributed by atoms with Crippen molar-refractivity contribution in [3.63, 3.8) is 0 Å². The van der Waals surface area contributed by atoms with Gasteiger partial charge in [-0.1, -0.05) is 6.07 Å². The molecular weight excluding hydrogens is 256 g/mol. The summed E-state index contributed by atoms with van der Waals surface area (Å²) in [6.07, 6.45) is 0. The van der Waals surface area contributed by atoms with Crippen molar-refractivity contribution in [1.29, 1.82) is 0 Å². The van der Waals surface area contributed by atoms with Gasteiger partial charge in [0.15, 0.2) is 0 Å². The van der Waals surface area contributed by atoms with E-state index in [2.05, 4.69) is 11.0 Å². The molecule has 1 fully saturated rings. The van der Waals surface area contributed by atoms with Gasteiger partial charge in [0.25, 0.3) is 0 Å². The molecule has 1 aliphatic heterocycles. The first-order valence-corrected chi connectivity index (χ1v) is 6.99. The number of benzene rings is 1. The minimum Gasteiger partial charge on any atom is -0.497 e. The van der Waals surface area contributed by atoms with Crippen molar-refractivity contribution >= 4 is 11.6 Å². The SMILES string of the molecule is CCOCC(=O)N1CCN(c2cccc(OC)c2)CC1. The fourth-order valence-electron chi connectivity index (χ4n) is 2.30. The standard InChI is InChI=1S/C15H22N2O3/c1-3-20-12-15(18)17-9-7-16(8-10-17)13-5-4-6-14(11-13)19-2/h4-6,11H,3,7-10,12H2,1-2H3. The normalized spacial score (nSPS) is 15.3. The van der Waals surface area contributed by atoms with Gasteiger partial charge in [0.05, 0.1) is 7.11 Å². The number of methoxy groups -OCH3 is 1. The maximum Gasteiger partial charge on any atom is 0.248 e. The van der Waals surface area contributed by atoms with Crippen molar-refractivity contribution in [2.75, 3.05) is 51.4 Å². The van der Waals surface area contributed by atoms with Crippen LogP contribution in [0.15, 0.2) is 24.3 Å². The zero-order chi connectivity index (χ0) is 14.4. The van der Waals surface area contributed by atoms with E-state index in [1.807, 2.05) is 30.0 Å². The molecule has 0 aliphatic carbocycles. The Balaban J connectivity index is 1.88. The summed E-state index contributed by atoms with van der Waals surface area (Å²) in [5.74, 6) is 0.939. The summed E-state index contributed by atoms with van der Waals surface area (Å²) < 4.78 is 10.4. The number of piperazine rings is 1. The minimum atomic E-state index is 0.0807. The number of carbonyl (C=O) groups is 1. The topological polar surface area (TPSA) is 42.0 Å². The molecule has 0 bridgehead atoms. The molecule has 1 saturated heterocycles. The van der Waals surface area contributed by atoms with Gasteiger partial charge in [0.1, 0.15) is 12.4 Å². The minimum absolute atomic E-state index is 0.0807. The largest absolute Gasteiger partial charge is 0.497 e. The smallest absolute Gasteiger partial charge is 0.248 e. The summed E-state index contributed by atoms with van der Waals surface area (Å²) in [5.41, 5.74) is 1.14. The van der Waals surface area contributed by atoms with Crippen molar-refractivity contribution < 1.29 is 14.3 Å². The Hall–Kier alpha value is -1.75. The predicted molar refractivity (Wildman–Crippen MR) is 78.3 cm³/mol. The second kappa shape index (κ2) is 7.14. The lowest BCUT2D eigenvalue weighted by Crippen LogP contribution is -2.49. The number of hydrogen-bond donors (Lipinski definition) is 0. The highest BCUT2D eigenvalue weighted by atomic mass is 16.5. The van der Waals surface area contributed by atoms with Crippen LogP contribution in [-0.2, 0) is 9.53 Å². The number of rotatable bonds is 5. The van der Waals surface area contributed by atoms with Crippen LogP contribution in [0.4, 0.5) is 5.69 Å². The average Bonchev–Trinajstić information content (AvgIpc) is 2.52. The van der Waals surface area contributed by atoms with Crippen molar-refractivity contribution in [3.8, 4) is 5.75 Å². The lowest BCUT2D eigenvalue weighted by molar-refractivity contribution is -0.136. The van der Waals surface area contributed by atoms with Crippen LogP contribution in [0, 0.1) is 0 Å². The molecule has 1 aromatic carbocycles. The van der Waals surface area contributed by atoms with E-state index in [4.69, 9.17) is 9.47 Å². The Kier molecular flexibility index (Phi) is 5.24. The van der Waals surface area contributed by atoms with E-state index < -0.39 is 0 Å². The lowest BCUT2D eigenvalue weighted by atomic mass is 10.2. The maximum atomic E-state index is 11.9. The molecule has 0 N–H and O–H groups in total. The lowest BCUT2D eigenvalue weighted by Gasteiger charge is -2.36. The van der Waals surface area contributed by atoms with Crippen LogP contribution in [0.5, 0.6) is 5.75 Å². The van der Waals surface area contributed by atoms with Crippen LogP contribution < -0.4 is 9.64 Å². The molecule has 20 heavy (non-hydrogen) atoms. The van der Waals surface area contributed by atoms with Gasteiger partial charge in [-0.2, -0.15) is 0 Å². The number of carbonyl (C=O) groups excluding carboxylic acids is 1. The van der Waals surface area contributed by atoms with Gasteiger partial charge in [0.2, 0.25) is 5.91 Å². The third-order valence-electron chi connectivity index (χ3n) is 3.48. The molecule has 1 aromatic rings. The molecule has 1 amide bonds. The number of nitrogens with zero attached hydrogens (tertiary/aromatic N) is 2. The molecule has 5 nitrogen and oxygen atoms in total. The molecule has 0 spiro atoms. The summed E-state index contributed by atoms with van der Waals surface area (Å²) in [4.78, 5) is 16.0.